The Bertz CT molecular complexity index is 7210. The number of anilines is 18. The van der Waals surface area contributed by atoms with Crippen molar-refractivity contribution in [2.24, 2.45) is 0 Å². The standard InChI is InChI=1S/C135H141B3N6O3/c1-127(2,3)88-34-43-97(44-35-88)139-115-64-40-91(130(10,11)12)73-109(115)136-106-70-82(31-61-112(106)142(100-49-55-103(145-28)56-50-100)121-79-94(133(19,20)21)76-118(139)124(121)136)85-67-86(83-32-62-113-107(71-83)137-110-74-92(131(13,14)15)41-65-116(110)140(98-45-36-89(37-46-98)128(4,5)6)119-77-95(134(22,23)24)80-122(125(119)137)143(113)101-51-57-104(146-29)58-52-101)69-87(68-85)84-33-63-114-108(72-84)138-111-75-93(132(16,17)18)42-66-117(111)141(99-47-38-90(39-48-99)129(7,8)9)120-78-96(135(25,26)27)81-123(126(120)138)144(114)102-53-59-105(147-30)60-54-102/h31-81H,1-30H3. The molecule has 9 nitrogen and oxygen atoms in total. The molecule has 0 bridgehead atoms. The zero-order valence-corrected chi connectivity index (χ0v) is 92.1. The molecule has 6 aliphatic heterocycles. The van der Waals surface area contributed by atoms with Crippen LogP contribution in [0.2, 0.25) is 0 Å². The van der Waals surface area contributed by atoms with Crippen LogP contribution in [-0.2, 0) is 48.7 Å². The Morgan fingerprint density at radius 3 is 0.490 bits per heavy atom. The third-order valence-corrected chi connectivity index (χ3v) is 32.3. The minimum Gasteiger partial charge on any atom is -0.497 e. The molecule has 22 rings (SSSR count). The second-order valence-corrected chi connectivity index (χ2v) is 51.5. The molecule has 0 saturated carbocycles. The predicted molar refractivity (Wildman–Crippen MR) is 633 cm³/mol. The van der Waals surface area contributed by atoms with Crippen molar-refractivity contribution in [2.45, 2.75) is 236 Å². The predicted octanol–water partition coefficient (Wildman–Crippen LogP) is 30.6. The normalized spacial score (nSPS) is 14.2. The van der Waals surface area contributed by atoms with Gasteiger partial charge in [0, 0.05) is 102 Å². The van der Waals surface area contributed by atoms with Gasteiger partial charge in [0.25, 0.3) is 20.1 Å². The SMILES string of the molecule is COc1ccc(N2c3ccc(-c4cc(-c5ccc6c(c5)B5c7cc(C(C)(C)C)ccc7N(c7ccc(C(C)(C)C)cc7)c7cc(C(C)(C)C)cc(c75)N6c5ccc(OC)cc5)cc(-c5ccc6c(c5)B5c7cc(C(C)(C)C)ccc7N(c7ccc(C(C)(C)C)cc7)c7cc(C(C)(C)C)cc(c75)N6c5ccc(OC)cc5)c4)cc3B3c4cc(C(C)(C)C)ccc4N(c4ccc(C(C)(C)C)cc4)c4cc(C(C)(C)C)cc2c43)cc1. The van der Waals surface area contributed by atoms with Gasteiger partial charge in [-0.1, -0.05) is 296 Å². The van der Waals surface area contributed by atoms with Crippen LogP contribution in [0.3, 0.4) is 0 Å². The first-order valence-corrected chi connectivity index (χ1v) is 53.0. The maximum atomic E-state index is 6.03. The summed E-state index contributed by atoms with van der Waals surface area (Å²) >= 11 is 0. The van der Waals surface area contributed by atoms with Crippen LogP contribution in [0, 0.1) is 0 Å². The fourth-order valence-electron chi connectivity index (χ4n) is 23.6. The first-order valence-electron chi connectivity index (χ1n) is 53.0. The summed E-state index contributed by atoms with van der Waals surface area (Å²) in [7, 11) is 5.30. The Hall–Kier alpha value is -14.1. The fourth-order valence-corrected chi connectivity index (χ4v) is 23.6. The summed E-state index contributed by atoms with van der Waals surface area (Å²) in [6.45, 7) is 62.8. The van der Waals surface area contributed by atoms with Crippen LogP contribution >= 0.6 is 0 Å². The Labute approximate surface area is 876 Å². The van der Waals surface area contributed by atoms with Crippen LogP contribution in [-0.4, -0.2) is 41.5 Å². The summed E-state index contributed by atoms with van der Waals surface area (Å²) in [6.07, 6.45) is 0. The Morgan fingerprint density at radius 1 is 0.150 bits per heavy atom. The average Bonchev–Trinajstić information content (AvgIpc) is 0.698. The van der Waals surface area contributed by atoms with Gasteiger partial charge in [0.05, 0.1) is 21.3 Å². The molecular weight excluding hydrogens is 1790 g/mol. The lowest BCUT2D eigenvalue weighted by Crippen LogP contribution is -2.61. The molecule has 0 N–H and O–H groups in total. The van der Waals surface area contributed by atoms with Gasteiger partial charge >= 0.3 is 0 Å². The van der Waals surface area contributed by atoms with Crippen molar-refractivity contribution in [1.29, 1.82) is 0 Å². The van der Waals surface area contributed by atoms with Gasteiger partial charge in [0.1, 0.15) is 17.2 Å². The second-order valence-electron chi connectivity index (χ2n) is 51.5. The minimum absolute atomic E-state index is 0.0495. The van der Waals surface area contributed by atoms with E-state index in [1.165, 1.54) is 150 Å². The van der Waals surface area contributed by atoms with Gasteiger partial charge in [-0.2, -0.15) is 0 Å². The topological polar surface area (TPSA) is 47.1 Å². The molecule has 0 aliphatic carbocycles. The molecule has 0 unspecified atom stereocenters. The van der Waals surface area contributed by atoms with Crippen molar-refractivity contribution in [3.63, 3.8) is 0 Å². The van der Waals surface area contributed by atoms with Crippen molar-refractivity contribution in [1.82, 2.24) is 0 Å². The third kappa shape index (κ3) is 16.8. The molecule has 0 aromatic heterocycles. The van der Waals surface area contributed by atoms with Gasteiger partial charge in [-0.05, 0) is 382 Å². The molecule has 12 heteroatoms. The first-order chi connectivity index (χ1) is 69.4. The smallest absolute Gasteiger partial charge is 0.252 e. The highest BCUT2D eigenvalue weighted by molar-refractivity contribution is 7.02. The molecule has 6 aliphatic rings. The van der Waals surface area contributed by atoms with E-state index >= 15 is 0 Å². The van der Waals surface area contributed by atoms with E-state index in [1.54, 1.807) is 21.3 Å². The van der Waals surface area contributed by atoms with Crippen LogP contribution in [0.4, 0.5) is 102 Å². The average molecular weight is 1930 g/mol. The first kappa shape index (κ1) is 97.6. The van der Waals surface area contributed by atoms with E-state index in [-0.39, 0.29) is 68.9 Å². The quantitative estimate of drug-likeness (QED) is 0.111. The molecule has 0 atom stereocenters. The van der Waals surface area contributed by atoms with E-state index in [9.17, 15) is 0 Å². The van der Waals surface area contributed by atoms with Gasteiger partial charge in [0.2, 0.25) is 0 Å². The zero-order chi connectivity index (χ0) is 104. The van der Waals surface area contributed by atoms with Gasteiger partial charge in [-0.25, -0.2) is 0 Å². The van der Waals surface area contributed by atoms with E-state index < -0.39 is 0 Å². The molecule has 6 heterocycles. The van der Waals surface area contributed by atoms with Crippen LogP contribution in [0.5, 0.6) is 17.2 Å². The highest BCUT2D eigenvalue weighted by atomic mass is 16.5. The molecule has 0 amide bonds. The van der Waals surface area contributed by atoms with E-state index in [2.05, 4.69) is 526 Å². The maximum absolute atomic E-state index is 6.03. The van der Waals surface area contributed by atoms with E-state index in [4.69, 9.17) is 14.2 Å². The second kappa shape index (κ2) is 34.5. The summed E-state index contributed by atoms with van der Waals surface area (Å²) in [5.74, 6) is 2.42. The van der Waals surface area contributed by atoms with Crippen molar-refractivity contribution < 1.29 is 14.2 Å². The van der Waals surface area contributed by atoms with Crippen LogP contribution in [0.25, 0.3) is 33.4 Å². The van der Waals surface area contributed by atoms with Crippen LogP contribution in [0.1, 0.15) is 237 Å². The van der Waals surface area contributed by atoms with Gasteiger partial charge in [-0.15, -0.1) is 0 Å². The van der Waals surface area contributed by atoms with Gasteiger partial charge < -0.3 is 43.6 Å². The number of ether oxygens (including phenoxy) is 3. The summed E-state index contributed by atoms with van der Waals surface area (Å²) in [4.78, 5) is 15.5. The van der Waals surface area contributed by atoms with Crippen molar-refractivity contribution >= 4 is 172 Å². The lowest BCUT2D eigenvalue weighted by Gasteiger charge is -2.45. The minimum atomic E-state index is -0.235. The molecule has 16 aromatic carbocycles. The monoisotopic (exact) mass is 1930 g/mol. The number of methoxy groups -OCH3 is 3. The molecule has 16 aromatic rings. The molecule has 0 spiro atoms. The van der Waals surface area contributed by atoms with Gasteiger partial charge in [0.15, 0.2) is 0 Å². The zero-order valence-electron chi connectivity index (χ0n) is 92.1. The van der Waals surface area contributed by atoms with Gasteiger partial charge in [-0.3, -0.25) is 0 Å². The van der Waals surface area contributed by atoms with Crippen molar-refractivity contribution in [2.75, 3.05) is 50.7 Å². The maximum Gasteiger partial charge on any atom is 0.252 e. The number of hydrogen-bond donors (Lipinski definition) is 0. The van der Waals surface area contributed by atoms with E-state index in [1.807, 2.05) is 0 Å². The number of fused-ring (bicyclic) bond motifs is 12. The number of benzene rings is 16. The summed E-state index contributed by atoms with van der Waals surface area (Å²) in [6, 6.07) is 122. The lowest BCUT2D eigenvalue weighted by molar-refractivity contribution is 0.414. The Kier molecular flexibility index (Phi) is 22.9. The molecule has 0 fully saturated rings. The van der Waals surface area contributed by atoms with Crippen LogP contribution in [0.15, 0.2) is 309 Å². The number of hydrogen-bond acceptors (Lipinski definition) is 9. The summed E-state index contributed by atoms with van der Waals surface area (Å²) in [5.41, 5.74) is 48.6. The Morgan fingerprint density at radius 2 is 0.313 bits per heavy atom. The largest absolute Gasteiger partial charge is 0.497 e. The Balaban J connectivity index is 0.835. The van der Waals surface area contributed by atoms with Crippen molar-refractivity contribution in [3.8, 4) is 50.6 Å². The molecule has 738 valence electrons. The number of nitrogens with zero attached hydrogens (tertiary/aromatic N) is 6. The summed E-state index contributed by atoms with van der Waals surface area (Å²) < 4.78 is 18.1. The number of rotatable bonds is 12. The lowest BCUT2D eigenvalue weighted by atomic mass is 9.33. The third-order valence-electron chi connectivity index (χ3n) is 32.3. The highest BCUT2D eigenvalue weighted by Crippen LogP contribution is 2.55. The van der Waals surface area contributed by atoms with E-state index in [0.29, 0.717) is 0 Å². The van der Waals surface area contributed by atoms with Crippen LogP contribution < -0.4 is 92.8 Å². The highest BCUT2D eigenvalue weighted by Gasteiger charge is 2.50. The molecular formula is C135H141B3N6O3. The molecule has 0 radical (unpaired) electrons. The summed E-state index contributed by atoms with van der Waals surface area (Å²) in [5, 5.41) is 0. The van der Waals surface area contributed by atoms with Crippen molar-refractivity contribution in [3.05, 3.63) is 359 Å². The van der Waals surface area contributed by atoms with E-state index in [0.717, 1.165) is 102 Å². The fraction of sp³-hybridized carbons (Fsp3) is 0.289. The molecule has 0 saturated heterocycles. The molecule has 147 heavy (non-hydrogen) atoms.